The maximum absolute atomic E-state index is 8.44. The van der Waals surface area contributed by atoms with E-state index >= 15 is 0 Å². The molecule has 75 heavy (non-hydrogen) atoms. The van der Waals surface area contributed by atoms with Crippen molar-refractivity contribution >= 4 is 0 Å². The van der Waals surface area contributed by atoms with Crippen LogP contribution in [0, 0.1) is 82.7 Å². The van der Waals surface area contributed by atoms with Gasteiger partial charge in [-0.1, -0.05) is 108 Å². The minimum Gasteiger partial charge on any atom is -0.201 e. The van der Waals surface area contributed by atoms with Crippen molar-refractivity contribution < 1.29 is 58.0 Å². The first-order valence-corrected chi connectivity index (χ1v) is 24.6. The molecule has 4 aromatic carbocycles. The number of pyridine rings is 4. The Morgan fingerprint density at radius 1 is 0.400 bits per heavy atom. The van der Waals surface area contributed by atoms with Crippen LogP contribution < -0.4 is 18.3 Å². The number of rotatable bonds is 8. The molecule has 0 saturated heterocycles. The molecule has 0 fully saturated rings. The van der Waals surface area contributed by atoms with Crippen LogP contribution >= 0.6 is 0 Å². The fourth-order valence-corrected chi connectivity index (χ4v) is 9.37. The van der Waals surface area contributed by atoms with Crippen molar-refractivity contribution in [2.75, 3.05) is 0 Å². The zero-order valence-corrected chi connectivity index (χ0v) is 46.3. The number of benzene rings is 4. The van der Waals surface area contributed by atoms with E-state index in [0.717, 1.165) is 72.7 Å². The van der Waals surface area contributed by atoms with Gasteiger partial charge >= 0.3 is 0 Å². The number of aryl methyl sites for hydroxylation is 17. The van der Waals surface area contributed by atoms with Gasteiger partial charge in [0, 0.05) is 108 Å². The van der Waals surface area contributed by atoms with Gasteiger partial charge in [-0.25, -0.2) is 18.3 Å². The van der Waals surface area contributed by atoms with Gasteiger partial charge < -0.3 is 0 Å². The van der Waals surface area contributed by atoms with Crippen LogP contribution in [0.5, 0.6) is 0 Å². The fraction of sp³-hybridized carbons (Fsp3) is 0.380. The van der Waals surface area contributed by atoms with Crippen LogP contribution in [0.2, 0.25) is 0 Å². The molecule has 0 N–H and O–H groups in total. The first kappa shape index (κ1) is 30.3. The summed E-state index contributed by atoms with van der Waals surface area (Å²) in [5.74, 6) is -4.47. The molecule has 4 nitrogen and oxygen atoms in total. The van der Waals surface area contributed by atoms with Gasteiger partial charge in [0.05, 0.1) is 0 Å². The molecule has 8 aromatic rings. The van der Waals surface area contributed by atoms with E-state index in [-0.39, 0.29) is 33.4 Å². The second-order valence-corrected chi connectivity index (χ2v) is 19.7. The molecular weight excluding hydrogens is 909 g/mol. The summed E-state index contributed by atoms with van der Waals surface area (Å²) in [5.41, 5.74) is 14.4. The van der Waals surface area contributed by atoms with Crippen LogP contribution in [0.1, 0.15) is 195 Å². The lowest BCUT2D eigenvalue weighted by molar-refractivity contribution is -0.661. The summed E-state index contributed by atoms with van der Waals surface area (Å²) < 4.78 is 230. The van der Waals surface area contributed by atoms with Crippen LogP contribution in [0.3, 0.4) is 0 Å². The van der Waals surface area contributed by atoms with Gasteiger partial charge in [0.1, 0.15) is 28.2 Å². The highest BCUT2D eigenvalue weighted by atomic mass is 14.9. The topological polar surface area (TPSA) is 15.5 Å². The lowest BCUT2D eigenvalue weighted by Crippen LogP contribution is -2.32. The Morgan fingerprint density at radius 3 is 1.33 bits per heavy atom. The van der Waals surface area contributed by atoms with Crippen molar-refractivity contribution in [3.63, 3.8) is 0 Å². The molecule has 8 rings (SSSR count). The maximum atomic E-state index is 8.44. The SMILES string of the molecule is [2H]C(C)(C)c1ccc(-c2cc(C)c(C([2H])(C)C([2H])([2H])[2H])c[n+]2C)c(C)c1.[2H]C([2H])([2H])c1cc(C)c(-c2ccc(C([2H])([2H])C([2H])([2H])[2H])cc2C)[n+](C)c1.[2H]C([2H])([2H])c1ccc(-c2c(C)cc(C([2H])([2H])[2H])c[n+]2C)c(C)c1.[2H]C([2H])([2H])c1ccc(-c2cc(C([2H])(C)C([2H])([2H])[2H])c(C([2H])([2H])[2H])c[n+]2C)c(C)c1. The van der Waals surface area contributed by atoms with E-state index in [1.54, 1.807) is 116 Å². The Labute approximate surface area is 496 Å². The summed E-state index contributed by atoms with van der Waals surface area (Å²) in [4.78, 5) is 0. The third-order valence-electron chi connectivity index (χ3n) is 13.1. The average molecular weight is 1030 g/mol. The molecule has 2 atom stereocenters. The van der Waals surface area contributed by atoms with Gasteiger partial charge in [0.25, 0.3) is 0 Å². The summed E-state index contributed by atoms with van der Waals surface area (Å²) in [6.45, 7) is 0.0340. The standard InChI is InChI=1S/C20H28N.C18H24N.C17H22N.C16H20N/c1-13(2)17-8-9-18(15(5)10-17)20-11-16(6)19(14(3)4)12-21(20)7;1-12(2)17-10-18(19(6)11-15(17)5)16-8-7-13(3)9-14(16)4;1-6-15-7-8-16(13(3)10-15)17-14(4)9-12(2)11-18(17)5;1-11-6-7-15(13(3)8-11)16-14(4)9-12(2)10-17(16)5/h8-14H,1-7H3;7-12H,1-6H3;7-11H,6H2,1-5H3;6-10H,1-5H3/q4*+1/i3D3,13D,14D;1D3,3D3,5D3,12D;1D3,2D3,6D2;1D3,2D3. The van der Waals surface area contributed by atoms with Crippen LogP contribution in [-0.4, -0.2) is 0 Å². The molecule has 0 aliphatic heterocycles. The van der Waals surface area contributed by atoms with Crippen molar-refractivity contribution in [1.82, 2.24) is 0 Å². The Kier molecular flexibility index (Phi) is 10.4. The van der Waals surface area contributed by atoms with Crippen molar-refractivity contribution in [3.05, 3.63) is 211 Å². The molecule has 0 radical (unpaired) electrons. The first-order chi connectivity index (χ1) is 46.6. The Bertz CT molecular complexity index is 4410. The summed E-state index contributed by atoms with van der Waals surface area (Å²) in [6, 6.07) is 27.0. The van der Waals surface area contributed by atoms with Crippen molar-refractivity contribution in [3.8, 4) is 45.0 Å². The van der Waals surface area contributed by atoms with Crippen molar-refractivity contribution in [1.29, 1.82) is 0 Å². The summed E-state index contributed by atoms with van der Waals surface area (Å²) in [7, 11) is 7.05. The minimum absolute atomic E-state index is 0.0955. The van der Waals surface area contributed by atoms with Gasteiger partial charge in [-0.3, -0.25) is 0 Å². The molecule has 394 valence electrons. The number of hydrogen-bond donors (Lipinski definition) is 0. The zero-order chi connectivity index (χ0) is 80.3. The van der Waals surface area contributed by atoms with Crippen LogP contribution in [0.15, 0.2) is 122 Å². The highest BCUT2D eigenvalue weighted by molar-refractivity contribution is 5.67. The molecule has 0 spiro atoms. The maximum Gasteiger partial charge on any atom is 0.215 e. The van der Waals surface area contributed by atoms with E-state index in [1.165, 1.54) is 44.3 Å². The highest BCUT2D eigenvalue weighted by Gasteiger charge is 2.21. The van der Waals surface area contributed by atoms with Crippen molar-refractivity contribution in [2.45, 2.75) is 155 Å². The zero-order valence-electron chi connectivity index (χ0n) is 75.3. The molecule has 4 heterocycles. The summed E-state index contributed by atoms with van der Waals surface area (Å²) >= 11 is 0. The smallest absolute Gasteiger partial charge is 0.201 e. The van der Waals surface area contributed by atoms with Gasteiger partial charge in [0.15, 0.2) is 24.8 Å². The van der Waals surface area contributed by atoms with Crippen LogP contribution in [0.25, 0.3) is 45.0 Å². The molecule has 0 aliphatic carbocycles. The Hall–Kier alpha value is -6.52. The van der Waals surface area contributed by atoms with Crippen LogP contribution in [0.4, 0.5) is 0 Å². The van der Waals surface area contributed by atoms with E-state index in [9.17, 15) is 0 Å². The first-order valence-electron chi connectivity index (χ1n) is 39.1. The fourth-order valence-electron chi connectivity index (χ4n) is 9.37. The predicted octanol–water partition coefficient (Wildman–Crippen LogP) is 16.3. The monoisotopic (exact) mass is 1030 g/mol. The minimum atomic E-state index is -2.76. The van der Waals surface area contributed by atoms with E-state index in [2.05, 4.69) is 0 Å². The summed E-state index contributed by atoms with van der Waals surface area (Å²) in [6.07, 6.45) is 3.80. The molecule has 0 bridgehead atoms. The van der Waals surface area contributed by atoms with Crippen molar-refractivity contribution in [2.24, 2.45) is 28.2 Å². The highest BCUT2D eigenvalue weighted by Crippen LogP contribution is 2.30. The molecule has 0 amide bonds. The van der Waals surface area contributed by atoms with E-state index in [4.69, 9.17) is 39.8 Å². The molecule has 2 unspecified atom stereocenters. The Morgan fingerprint density at radius 2 is 0.867 bits per heavy atom. The average Bonchev–Trinajstić information content (AvgIpc) is 0.764. The number of nitrogens with zero attached hydrogens (tertiary/aromatic N) is 4. The van der Waals surface area contributed by atoms with Gasteiger partial charge in [0.2, 0.25) is 22.8 Å². The van der Waals surface area contributed by atoms with Gasteiger partial charge in [-0.15, -0.1) is 0 Å². The van der Waals surface area contributed by atoms with Crippen LogP contribution in [-0.2, 0) is 34.6 Å². The second-order valence-electron chi connectivity index (χ2n) is 19.7. The van der Waals surface area contributed by atoms with Gasteiger partial charge in [-0.05, 0) is 188 Å². The number of hydrogen-bond acceptors (Lipinski definition) is 0. The third kappa shape index (κ3) is 14.9. The Balaban J connectivity index is 0.000000250. The molecule has 0 saturated carbocycles. The van der Waals surface area contributed by atoms with E-state index < -0.39 is 78.9 Å². The predicted molar refractivity (Wildman–Crippen MR) is 321 cm³/mol. The molecule has 4 heteroatoms. The lowest BCUT2D eigenvalue weighted by atomic mass is 9.94. The quantitative estimate of drug-likeness (QED) is 0.135. The summed E-state index contributed by atoms with van der Waals surface area (Å²) in [5, 5.41) is 0. The molecule has 4 aromatic heterocycles. The van der Waals surface area contributed by atoms with Gasteiger partial charge in [-0.2, -0.15) is 0 Å². The largest absolute Gasteiger partial charge is 0.215 e. The second kappa shape index (κ2) is 25.8. The normalized spacial score (nSPS) is 20.0. The molecular formula is C71H94N4+4. The lowest BCUT2D eigenvalue weighted by Gasteiger charge is -2.13. The molecule has 0 aliphatic rings. The van der Waals surface area contributed by atoms with E-state index in [0.29, 0.717) is 27.9 Å². The third-order valence-corrected chi connectivity index (χ3v) is 13.1. The number of aromatic nitrogens is 4. The van der Waals surface area contributed by atoms with E-state index in [1.807, 2.05) is 84.3 Å².